The molecule has 1 aromatic heterocycles. The zero-order valence-corrected chi connectivity index (χ0v) is 9.79. The smallest absolute Gasteiger partial charge is 0.392 e. The van der Waals surface area contributed by atoms with Crippen molar-refractivity contribution in [1.29, 1.82) is 0 Å². The lowest BCUT2D eigenvalue weighted by Crippen LogP contribution is -2.45. The van der Waals surface area contributed by atoms with E-state index in [1.807, 2.05) is 5.32 Å². The summed E-state index contributed by atoms with van der Waals surface area (Å²) in [6.45, 7) is -0.190. The molecule has 0 spiro atoms. The van der Waals surface area contributed by atoms with Crippen LogP contribution in [0.25, 0.3) is 0 Å². The molecular formula is C8H11F2N5O4. The first-order chi connectivity index (χ1) is 8.72. The topological polar surface area (TPSA) is 123 Å². The number of aromatic nitrogens is 3. The molecular weight excluding hydrogens is 268 g/mol. The lowest BCUT2D eigenvalue weighted by atomic mass is 10.3. The van der Waals surface area contributed by atoms with Gasteiger partial charge in [-0.15, -0.1) is 0 Å². The summed E-state index contributed by atoms with van der Waals surface area (Å²) >= 11 is 0. The van der Waals surface area contributed by atoms with Crippen LogP contribution in [0, 0.1) is 10.1 Å². The van der Waals surface area contributed by atoms with Crippen LogP contribution in [0.15, 0.2) is 6.33 Å². The minimum Gasteiger partial charge on any atom is -0.392 e. The van der Waals surface area contributed by atoms with Crippen LogP contribution < -0.4 is 5.32 Å². The molecule has 0 aliphatic heterocycles. The largest absolute Gasteiger partial charge is 0.490 e. The minimum absolute atomic E-state index is 0.327. The predicted molar refractivity (Wildman–Crippen MR) is 56.3 cm³/mol. The van der Waals surface area contributed by atoms with Crippen LogP contribution in [0.2, 0.25) is 0 Å². The van der Waals surface area contributed by atoms with E-state index in [1.165, 1.54) is 6.92 Å². The molecule has 11 heteroatoms. The number of amides is 1. The lowest BCUT2D eigenvalue weighted by molar-refractivity contribution is -0.394. The van der Waals surface area contributed by atoms with Gasteiger partial charge in [-0.2, -0.15) is 13.5 Å². The van der Waals surface area contributed by atoms with Crippen molar-refractivity contribution < 1.29 is 23.6 Å². The van der Waals surface area contributed by atoms with Crippen LogP contribution in [-0.2, 0) is 11.3 Å². The van der Waals surface area contributed by atoms with Gasteiger partial charge < -0.3 is 20.5 Å². The average molecular weight is 279 g/mol. The van der Waals surface area contributed by atoms with E-state index in [0.29, 0.717) is 4.68 Å². The van der Waals surface area contributed by atoms with Crippen LogP contribution in [0.1, 0.15) is 6.92 Å². The molecule has 1 unspecified atom stereocenters. The second-order valence-electron chi connectivity index (χ2n) is 3.76. The van der Waals surface area contributed by atoms with Crippen molar-refractivity contribution in [1.82, 2.24) is 20.1 Å². The number of carbonyl (C=O) groups excluding carboxylic acids is 1. The molecule has 0 saturated carbocycles. The van der Waals surface area contributed by atoms with Crippen LogP contribution in [0.4, 0.5) is 14.7 Å². The molecule has 0 bridgehead atoms. The summed E-state index contributed by atoms with van der Waals surface area (Å²) in [6, 6.07) is 0. The Hall–Kier alpha value is -2.17. The summed E-state index contributed by atoms with van der Waals surface area (Å²) in [5, 5.41) is 24.1. The van der Waals surface area contributed by atoms with E-state index < -0.39 is 35.4 Å². The van der Waals surface area contributed by atoms with Gasteiger partial charge in [0.25, 0.3) is 5.91 Å². The van der Waals surface area contributed by atoms with E-state index in [4.69, 9.17) is 5.11 Å². The van der Waals surface area contributed by atoms with Crippen molar-refractivity contribution in [3.05, 3.63) is 16.4 Å². The molecule has 0 aliphatic rings. The number of nitrogens with zero attached hydrogens (tertiary/aromatic N) is 4. The number of nitro groups is 1. The summed E-state index contributed by atoms with van der Waals surface area (Å²) in [6.07, 6.45) is -0.235. The summed E-state index contributed by atoms with van der Waals surface area (Å²) in [5.74, 6) is -6.26. The van der Waals surface area contributed by atoms with Gasteiger partial charge in [0.1, 0.15) is 6.54 Å². The maximum atomic E-state index is 13.4. The van der Waals surface area contributed by atoms with Crippen LogP contribution in [-0.4, -0.2) is 49.3 Å². The van der Waals surface area contributed by atoms with E-state index in [0.717, 1.165) is 6.33 Å². The van der Waals surface area contributed by atoms with Gasteiger partial charge in [0.05, 0.1) is 6.10 Å². The summed E-state index contributed by atoms with van der Waals surface area (Å²) in [7, 11) is 0. The van der Waals surface area contributed by atoms with E-state index in [2.05, 4.69) is 10.1 Å². The van der Waals surface area contributed by atoms with Gasteiger partial charge in [0, 0.05) is 11.6 Å². The van der Waals surface area contributed by atoms with Gasteiger partial charge in [-0.25, -0.2) is 0 Å². The molecule has 1 aromatic rings. The van der Waals surface area contributed by atoms with Crippen LogP contribution >= 0.6 is 0 Å². The molecule has 1 atom stereocenters. The fourth-order valence-corrected chi connectivity index (χ4v) is 1.09. The molecule has 19 heavy (non-hydrogen) atoms. The summed E-state index contributed by atoms with van der Waals surface area (Å²) in [5.41, 5.74) is 0. The van der Waals surface area contributed by atoms with E-state index in [-0.39, 0.29) is 6.54 Å². The molecule has 106 valence electrons. The number of halogens is 2. The van der Waals surface area contributed by atoms with E-state index in [1.54, 1.807) is 0 Å². The van der Waals surface area contributed by atoms with Gasteiger partial charge in [-0.3, -0.25) is 4.79 Å². The Morgan fingerprint density at radius 1 is 1.74 bits per heavy atom. The van der Waals surface area contributed by atoms with Crippen molar-refractivity contribution >= 4 is 11.9 Å². The maximum absolute atomic E-state index is 13.4. The highest BCUT2D eigenvalue weighted by atomic mass is 19.3. The van der Waals surface area contributed by atoms with Crippen molar-refractivity contribution in [2.24, 2.45) is 0 Å². The van der Waals surface area contributed by atoms with Crippen molar-refractivity contribution in [2.45, 2.75) is 25.5 Å². The fraction of sp³-hybridized carbons (Fsp3) is 0.625. The number of rotatable bonds is 6. The normalized spacial score (nSPS) is 13.1. The summed E-state index contributed by atoms with van der Waals surface area (Å²) in [4.78, 5) is 23.6. The van der Waals surface area contributed by atoms with Gasteiger partial charge >= 0.3 is 11.9 Å². The zero-order valence-electron chi connectivity index (χ0n) is 9.79. The Kier molecular flexibility index (Phi) is 4.43. The Balaban J connectivity index is 2.66. The Bertz CT molecular complexity index is 475. The molecule has 1 amide bonds. The van der Waals surface area contributed by atoms with Gasteiger partial charge in [0.2, 0.25) is 6.33 Å². The fourth-order valence-electron chi connectivity index (χ4n) is 1.09. The van der Waals surface area contributed by atoms with Gasteiger partial charge in [0.15, 0.2) is 0 Å². The second kappa shape index (κ2) is 5.65. The Morgan fingerprint density at radius 3 is 2.84 bits per heavy atom. The molecule has 0 radical (unpaired) electrons. The van der Waals surface area contributed by atoms with Gasteiger partial charge in [-0.1, -0.05) is 4.98 Å². The Morgan fingerprint density at radius 2 is 2.37 bits per heavy atom. The highest BCUT2D eigenvalue weighted by molar-refractivity contribution is 5.83. The third kappa shape index (κ3) is 4.21. The molecule has 1 heterocycles. The monoisotopic (exact) mass is 279 g/mol. The maximum Gasteiger partial charge on any atom is 0.490 e. The summed E-state index contributed by atoms with van der Waals surface area (Å²) < 4.78 is 27.3. The number of nitrogens with one attached hydrogen (secondary N) is 1. The number of aliphatic hydroxyl groups excluding tert-OH is 1. The predicted octanol–water partition coefficient (Wildman–Crippen LogP) is -0.681. The number of alkyl halides is 2. The zero-order chi connectivity index (χ0) is 14.6. The first-order valence-corrected chi connectivity index (χ1v) is 5.10. The standard InChI is InChI=1S/C8H11F2N5O4/c1-5(16)2-11-6(17)8(9,10)3-14-4-12-7(13-14)15(18)19/h4-5,16H,2-3H2,1H3,(H,11,17). The number of hydrogen-bond donors (Lipinski definition) is 2. The van der Waals surface area contributed by atoms with Crippen LogP contribution in [0.3, 0.4) is 0 Å². The van der Waals surface area contributed by atoms with E-state index >= 15 is 0 Å². The molecule has 0 fully saturated rings. The quantitative estimate of drug-likeness (QED) is 0.525. The number of hydrogen-bond acceptors (Lipinski definition) is 6. The molecule has 2 N–H and O–H groups in total. The second-order valence-corrected chi connectivity index (χ2v) is 3.76. The molecule has 9 nitrogen and oxygen atoms in total. The molecule has 0 saturated heterocycles. The van der Waals surface area contributed by atoms with E-state index in [9.17, 15) is 23.7 Å². The van der Waals surface area contributed by atoms with Crippen molar-refractivity contribution in [2.75, 3.05) is 6.54 Å². The highest BCUT2D eigenvalue weighted by Crippen LogP contribution is 2.16. The minimum atomic E-state index is -3.82. The Labute approximate surface area is 105 Å². The number of carbonyl (C=O) groups is 1. The molecule has 0 aliphatic carbocycles. The lowest BCUT2D eigenvalue weighted by Gasteiger charge is -2.15. The third-order valence-corrected chi connectivity index (χ3v) is 1.94. The van der Waals surface area contributed by atoms with Gasteiger partial charge in [-0.05, 0) is 11.8 Å². The van der Waals surface area contributed by atoms with Crippen molar-refractivity contribution in [3.63, 3.8) is 0 Å². The SMILES string of the molecule is CC(O)CNC(=O)C(F)(F)Cn1cnc([N+](=O)[O-])n1. The first kappa shape index (κ1) is 14.9. The average Bonchev–Trinajstić information content (AvgIpc) is 2.73. The highest BCUT2D eigenvalue weighted by Gasteiger charge is 2.40. The third-order valence-electron chi connectivity index (χ3n) is 1.94. The first-order valence-electron chi connectivity index (χ1n) is 5.10. The van der Waals surface area contributed by atoms with Crippen molar-refractivity contribution in [3.8, 4) is 0 Å². The van der Waals surface area contributed by atoms with Crippen LogP contribution in [0.5, 0.6) is 0 Å². The molecule has 0 aromatic carbocycles. The number of aliphatic hydroxyl groups is 1. The molecule has 1 rings (SSSR count).